The molecule has 0 aliphatic heterocycles. The molecule has 2 heterocycles. The number of nitrogen functional groups attached to an aromatic ring is 1. The second-order valence-electron chi connectivity index (χ2n) is 9.09. The van der Waals surface area contributed by atoms with Gasteiger partial charge in [0.25, 0.3) is 5.56 Å². The van der Waals surface area contributed by atoms with Gasteiger partial charge in [0.15, 0.2) is 11.5 Å². The summed E-state index contributed by atoms with van der Waals surface area (Å²) in [5, 5.41) is 29.3. The van der Waals surface area contributed by atoms with Crippen molar-refractivity contribution < 1.29 is 14.2 Å². The molecule has 0 bridgehead atoms. The third-order valence-corrected chi connectivity index (χ3v) is 6.69. The fourth-order valence-corrected chi connectivity index (χ4v) is 4.66. The smallest absolute Gasteiger partial charge is 0.291 e. The number of nitrogens with two attached hydrogens (primary N) is 1. The predicted octanol–water partition coefficient (Wildman–Crippen LogP) is 4.60. The highest BCUT2D eigenvalue weighted by Gasteiger charge is 2.25. The van der Waals surface area contributed by atoms with Crippen molar-refractivity contribution in [3.05, 3.63) is 106 Å². The van der Waals surface area contributed by atoms with Crippen molar-refractivity contribution in [3.63, 3.8) is 0 Å². The highest BCUT2D eigenvalue weighted by molar-refractivity contribution is 5.89. The van der Waals surface area contributed by atoms with Gasteiger partial charge in [-0.25, -0.2) is 4.68 Å². The van der Waals surface area contributed by atoms with E-state index in [9.17, 15) is 15.3 Å². The molecule has 3 aromatic carbocycles. The van der Waals surface area contributed by atoms with Gasteiger partial charge in [-0.2, -0.15) is 25.4 Å². The third-order valence-electron chi connectivity index (χ3n) is 6.69. The number of aromatic nitrogens is 3. The summed E-state index contributed by atoms with van der Waals surface area (Å²) in [7, 11) is 4.32. The van der Waals surface area contributed by atoms with Crippen LogP contribution in [0.3, 0.4) is 0 Å². The largest absolute Gasteiger partial charge is 0.493 e. The Bertz CT molecular complexity index is 1960. The third kappa shape index (κ3) is 5.14. The van der Waals surface area contributed by atoms with E-state index in [1.54, 1.807) is 10.9 Å². The standard InChI is InChI=1S/C32H25N7O4/c1-41-26-14-21(15-27(42-2)30(26)43-3)28-24(16-33)31(35)39(32(40)25(28)17-34)36-18-22-19-38(23-12-8-5-9-13-23)37-29(22)20-10-6-4-7-11-20/h4-15,18-19H,35H2,1-3H3/b36-18+. The number of rotatable bonds is 8. The Hall–Kier alpha value is -6.33. The van der Waals surface area contributed by atoms with Crippen LogP contribution in [0.5, 0.6) is 17.2 Å². The molecule has 0 radical (unpaired) electrons. The first kappa shape index (κ1) is 28.2. The van der Waals surface area contributed by atoms with Gasteiger partial charge in [-0.05, 0) is 29.8 Å². The number of hydrogen-bond acceptors (Lipinski definition) is 9. The van der Waals surface area contributed by atoms with E-state index in [0.29, 0.717) is 22.6 Å². The van der Waals surface area contributed by atoms with Gasteiger partial charge in [-0.15, -0.1) is 0 Å². The molecule has 11 nitrogen and oxygen atoms in total. The summed E-state index contributed by atoms with van der Waals surface area (Å²) in [6, 6.07) is 26.0. The monoisotopic (exact) mass is 571 g/mol. The Morgan fingerprint density at radius 1 is 0.860 bits per heavy atom. The molecule has 212 valence electrons. The fourth-order valence-electron chi connectivity index (χ4n) is 4.66. The highest BCUT2D eigenvalue weighted by atomic mass is 16.5. The van der Waals surface area contributed by atoms with Crippen LogP contribution in [-0.2, 0) is 0 Å². The number of pyridine rings is 1. The van der Waals surface area contributed by atoms with Gasteiger partial charge in [0.05, 0.1) is 33.2 Å². The molecule has 0 aliphatic rings. The van der Waals surface area contributed by atoms with Gasteiger partial charge in [0, 0.05) is 22.9 Å². The van der Waals surface area contributed by atoms with Crippen LogP contribution in [0, 0.1) is 22.7 Å². The molecule has 0 aliphatic carbocycles. The zero-order valence-corrected chi connectivity index (χ0v) is 23.5. The van der Waals surface area contributed by atoms with Crippen molar-refractivity contribution in [2.45, 2.75) is 0 Å². The van der Waals surface area contributed by atoms with Crippen molar-refractivity contribution in [2.75, 3.05) is 27.1 Å². The summed E-state index contributed by atoms with van der Waals surface area (Å²) in [5.74, 6) is 0.605. The number of nitriles is 2. The van der Waals surface area contributed by atoms with E-state index in [4.69, 9.17) is 25.0 Å². The van der Waals surface area contributed by atoms with Gasteiger partial charge >= 0.3 is 0 Å². The number of hydrogen-bond donors (Lipinski definition) is 1. The van der Waals surface area contributed by atoms with E-state index < -0.39 is 5.56 Å². The molecule has 5 aromatic rings. The minimum Gasteiger partial charge on any atom is -0.493 e. The average Bonchev–Trinajstić information content (AvgIpc) is 3.48. The lowest BCUT2D eigenvalue weighted by Gasteiger charge is -2.16. The Morgan fingerprint density at radius 2 is 1.47 bits per heavy atom. The van der Waals surface area contributed by atoms with Gasteiger partial charge in [0.2, 0.25) is 5.75 Å². The first-order chi connectivity index (χ1) is 20.9. The molecule has 0 saturated carbocycles. The number of nitrogens with zero attached hydrogens (tertiary/aromatic N) is 6. The van der Waals surface area contributed by atoms with Crippen LogP contribution >= 0.6 is 0 Å². The van der Waals surface area contributed by atoms with Crippen LogP contribution in [0.2, 0.25) is 0 Å². The Kier molecular flexibility index (Phi) is 7.90. The molecule has 43 heavy (non-hydrogen) atoms. The van der Waals surface area contributed by atoms with Crippen molar-refractivity contribution in [2.24, 2.45) is 5.10 Å². The molecule has 5 rings (SSSR count). The zero-order chi connectivity index (χ0) is 30.5. The normalized spacial score (nSPS) is 10.7. The van der Waals surface area contributed by atoms with E-state index in [1.807, 2.05) is 72.8 Å². The van der Waals surface area contributed by atoms with Gasteiger partial charge in [-0.1, -0.05) is 48.5 Å². The maximum atomic E-state index is 13.6. The van der Waals surface area contributed by atoms with Crippen LogP contribution in [0.25, 0.3) is 28.1 Å². The number of ether oxygens (including phenoxy) is 3. The van der Waals surface area contributed by atoms with Crippen LogP contribution in [-0.4, -0.2) is 42.0 Å². The lowest BCUT2D eigenvalue weighted by molar-refractivity contribution is 0.324. The van der Waals surface area contributed by atoms with Crippen LogP contribution in [0.15, 0.2) is 88.9 Å². The second kappa shape index (κ2) is 12.0. The van der Waals surface area contributed by atoms with E-state index in [1.165, 1.54) is 39.7 Å². The topological polar surface area (TPSA) is 153 Å². The maximum absolute atomic E-state index is 13.6. The number of anilines is 1. The quantitative estimate of drug-likeness (QED) is 0.265. The van der Waals surface area contributed by atoms with Crippen molar-refractivity contribution in [3.8, 4) is 57.5 Å². The van der Waals surface area contributed by atoms with E-state index in [0.717, 1.165) is 15.9 Å². The summed E-state index contributed by atoms with van der Waals surface area (Å²) < 4.78 is 18.8. The Labute approximate surface area is 246 Å². The van der Waals surface area contributed by atoms with Gasteiger partial charge in [-0.3, -0.25) is 4.79 Å². The summed E-state index contributed by atoms with van der Waals surface area (Å²) in [4.78, 5) is 13.6. The van der Waals surface area contributed by atoms with Gasteiger partial charge < -0.3 is 19.9 Å². The van der Waals surface area contributed by atoms with E-state index in [2.05, 4.69) is 5.10 Å². The number of para-hydroxylation sites is 1. The molecule has 2 N–H and O–H groups in total. The van der Waals surface area contributed by atoms with Crippen molar-refractivity contribution >= 4 is 12.0 Å². The van der Waals surface area contributed by atoms with E-state index >= 15 is 0 Å². The molecular formula is C32H25N7O4. The molecular weight excluding hydrogens is 546 g/mol. The van der Waals surface area contributed by atoms with E-state index in [-0.39, 0.29) is 34.0 Å². The maximum Gasteiger partial charge on any atom is 0.291 e. The van der Waals surface area contributed by atoms with Gasteiger partial charge in [0.1, 0.15) is 34.8 Å². The van der Waals surface area contributed by atoms with Crippen molar-refractivity contribution in [1.29, 1.82) is 10.5 Å². The lowest BCUT2D eigenvalue weighted by atomic mass is 9.96. The minimum absolute atomic E-state index is 0.0278. The second-order valence-corrected chi connectivity index (χ2v) is 9.09. The fraction of sp³-hybridized carbons (Fsp3) is 0.0938. The SMILES string of the molecule is COc1cc(-c2c(C#N)c(N)n(/N=C/c3cn(-c4ccccc4)nc3-c3ccccc3)c(=O)c2C#N)cc(OC)c1OC. The number of methoxy groups -OCH3 is 3. The van der Waals surface area contributed by atoms with Crippen LogP contribution in [0.4, 0.5) is 5.82 Å². The molecule has 0 amide bonds. The highest BCUT2D eigenvalue weighted by Crippen LogP contribution is 2.42. The van der Waals surface area contributed by atoms with Crippen LogP contribution < -0.4 is 25.5 Å². The predicted molar refractivity (Wildman–Crippen MR) is 162 cm³/mol. The molecule has 2 aromatic heterocycles. The zero-order valence-electron chi connectivity index (χ0n) is 23.5. The van der Waals surface area contributed by atoms with Crippen molar-refractivity contribution in [1.82, 2.24) is 14.5 Å². The molecule has 0 atom stereocenters. The summed E-state index contributed by atoms with van der Waals surface area (Å²) in [5.41, 5.74) is 8.27. The summed E-state index contributed by atoms with van der Waals surface area (Å²) in [6.45, 7) is 0. The lowest BCUT2D eigenvalue weighted by Crippen LogP contribution is -2.25. The molecule has 0 unspecified atom stereocenters. The number of benzene rings is 3. The Balaban J connectivity index is 1.69. The molecule has 0 fully saturated rings. The molecule has 0 spiro atoms. The summed E-state index contributed by atoms with van der Waals surface area (Å²) >= 11 is 0. The molecule has 0 saturated heterocycles. The minimum atomic E-state index is -0.810. The summed E-state index contributed by atoms with van der Waals surface area (Å²) in [6.07, 6.45) is 3.19. The first-order valence-electron chi connectivity index (χ1n) is 12.9. The average molecular weight is 572 g/mol. The first-order valence-corrected chi connectivity index (χ1v) is 12.9. The molecule has 11 heteroatoms. The van der Waals surface area contributed by atoms with Crippen LogP contribution in [0.1, 0.15) is 16.7 Å². The Morgan fingerprint density at radius 3 is 2.02 bits per heavy atom.